The van der Waals surface area contributed by atoms with Gasteiger partial charge in [0.05, 0.1) is 17.8 Å². The maximum absolute atomic E-state index is 12.7. The number of carbonyl (C=O) groups excluding carboxylic acids is 1. The first-order valence-corrected chi connectivity index (χ1v) is 10.2. The van der Waals surface area contributed by atoms with E-state index in [0.29, 0.717) is 17.1 Å². The SMILES string of the molecule is C=CC(C)(C)c1ccc(OC(C)C)c(C=CC(=O)c2ccc(O)cc2)c1OC(C)C. The Labute approximate surface area is 179 Å². The number of rotatable bonds is 9. The van der Waals surface area contributed by atoms with Crippen LogP contribution in [0.4, 0.5) is 0 Å². The van der Waals surface area contributed by atoms with Crippen molar-refractivity contribution in [3.63, 3.8) is 0 Å². The summed E-state index contributed by atoms with van der Waals surface area (Å²) in [5, 5.41) is 9.45. The van der Waals surface area contributed by atoms with Crippen molar-refractivity contribution in [2.75, 3.05) is 0 Å². The number of aromatic hydroxyl groups is 1. The predicted molar refractivity (Wildman–Crippen MR) is 123 cm³/mol. The molecule has 0 aliphatic carbocycles. The van der Waals surface area contributed by atoms with Crippen LogP contribution in [-0.4, -0.2) is 23.1 Å². The van der Waals surface area contributed by atoms with Crippen molar-refractivity contribution in [2.24, 2.45) is 0 Å². The molecule has 1 N–H and O–H groups in total. The van der Waals surface area contributed by atoms with Crippen LogP contribution in [0.5, 0.6) is 17.2 Å². The highest BCUT2D eigenvalue weighted by Crippen LogP contribution is 2.41. The Kier molecular flexibility index (Phi) is 7.49. The van der Waals surface area contributed by atoms with Crippen molar-refractivity contribution < 1.29 is 19.4 Å². The first kappa shape index (κ1) is 23.3. The fourth-order valence-electron chi connectivity index (χ4n) is 2.96. The minimum atomic E-state index is -0.329. The molecule has 4 heteroatoms. The third-order valence-corrected chi connectivity index (χ3v) is 4.63. The molecule has 0 fully saturated rings. The summed E-state index contributed by atoms with van der Waals surface area (Å²) in [5.74, 6) is 1.28. The van der Waals surface area contributed by atoms with Crippen molar-refractivity contribution in [1.29, 1.82) is 0 Å². The van der Waals surface area contributed by atoms with Crippen LogP contribution in [0.1, 0.15) is 63.0 Å². The maximum atomic E-state index is 12.7. The lowest BCUT2D eigenvalue weighted by atomic mass is 9.83. The van der Waals surface area contributed by atoms with Crippen molar-refractivity contribution in [2.45, 2.75) is 59.2 Å². The topological polar surface area (TPSA) is 55.8 Å². The summed E-state index contributed by atoms with van der Waals surface area (Å²) >= 11 is 0. The van der Waals surface area contributed by atoms with Crippen molar-refractivity contribution >= 4 is 11.9 Å². The van der Waals surface area contributed by atoms with Gasteiger partial charge < -0.3 is 14.6 Å². The number of ketones is 1. The van der Waals surface area contributed by atoms with E-state index in [1.54, 1.807) is 18.2 Å². The average molecular weight is 409 g/mol. The van der Waals surface area contributed by atoms with Crippen LogP contribution in [0.3, 0.4) is 0 Å². The third kappa shape index (κ3) is 5.76. The van der Waals surface area contributed by atoms with Gasteiger partial charge in [-0.15, -0.1) is 6.58 Å². The van der Waals surface area contributed by atoms with Crippen molar-refractivity contribution in [1.82, 2.24) is 0 Å². The normalized spacial score (nSPS) is 11.9. The van der Waals surface area contributed by atoms with Crippen LogP contribution in [-0.2, 0) is 5.41 Å². The molecule has 4 nitrogen and oxygen atoms in total. The Morgan fingerprint density at radius 1 is 1.00 bits per heavy atom. The third-order valence-electron chi connectivity index (χ3n) is 4.63. The second-order valence-electron chi connectivity index (χ2n) is 8.36. The molecule has 30 heavy (non-hydrogen) atoms. The van der Waals surface area contributed by atoms with Gasteiger partial charge in [-0.25, -0.2) is 0 Å². The molecule has 0 aliphatic rings. The van der Waals surface area contributed by atoms with Crippen molar-refractivity contribution in [3.8, 4) is 17.2 Å². The van der Waals surface area contributed by atoms with Gasteiger partial charge in [0.1, 0.15) is 17.2 Å². The van der Waals surface area contributed by atoms with Crippen LogP contribution in [0, 0.1) is 0 Å². The number of phenols is 1. The molecular formula is C26H32O4. The summed E-state index contributed by atoms with van der Waals surface area (Å²) < 4.78 is 12.2. The summed E-state index contributed by atoms with van der Waals surface area (Å²) in [4.78, 5) is 12.7. The molecule has 160 valence electrons. The molecule has 0 aliphatic heterocycles. The number of benzene rings is 2. The molecule has 0 bridgehead atoms. The smallest absolute Gasteiger partial charge is 0.185 e. The molecule has 0 saturated heterocycles. The van der Waals surface area contributed by atoms with E-state index >= 15 is 0 Å². The fraction of sp³-hybridized carbons (Fsp3) is 0.346. The van der Waals surface area contributed by atoms with E-state index in [1.165, 1.54) is 18.2 Å². The number of allylic oxidation sites excluding steroid dienone is 2. The second-order valence-corrected chi connectivity index (χ2v) is 8.36. The zero-order chi connectivity index (χ0) is 22.5. The van der Waals surface area contributed by atoms with Crippen LogP contribution in [0.15, 0.2) is 55.1 Å². The molecule has 0 heterocycles. The van der Waals surface area contributed by atoms with Gasteiger partial charge in [-0.1, -0.05) is 26.0 Å². The largest absolute Gasteiger partial charge is 0.508 e. The number of hydrogen-bond donors (Lipinski definition) is 1. The van der Waals surface area contributed by atoms with E-state index in [9.17, 15) is 9.90 Å². The summed E-state index contributed by atoms with van der Waals surface area (Å²) in [7, 11) is 0. The molecule has 0 spiro atoms. The standard InChI is InChI=1S/C26H32O4/c1-8-26(6,7)22-14-16-24(29-17(2)3)21(25(22)30-18(4)5)13-15-23(28)19-9-11-20(27)12-10-19/h8-18,27H,1H2,2-7H3. The minimum absolute atomic E-state index is 0.0323. The summed E-state index contributed by atoms with van der Waals surface area (Å²) in [6.45, 7) is 16.0. The molecule has 0 saturated carbocycles. The Hall–Kier alpha value is -3.01. The van der Waals surface area contributed by atoms with Gasteiger partial charge in [0.2, 0.25) is 0 Å². The quantitative estimate of drug-likeness (QED) is 0.299. The molecule has 2 aromatic rings. The van der Waals surface area contributed by atoms with E-state index in [0.717, 1.165) is 11.1 Å². The number of ether oxygens (including phenoxy) is 2. The van der Waals surface area contributed by atoms with Gasteiger partial charge in [0.25, 0.3) is 0 Å². The monoisotopic (exact) mass is 408 g/mol. The van der Waals surface area contributed by atoms with E-state index < -0.39 is 0 Å². The lowest BCUT2D eigenvalue weighted by Crippen LogP contribution is -2.19. The summed E-state index contributed by atoms with van der Waals surface area (Å²) in [6.07, 6.45) is 5.04. The fourth-order valence-corrected chi connectivity index (χ4v) is 2.96. The lowest BCUT2D eigenvalue weighted by molar-refractivity contribution is 0.104. The lowest BCUT2D eigenvalue weighted by Gasteiger charge is -2.28. The zero-order valence-electron chi connectivity index (χ0n) is 18.7. The molecule has 2 aromatic carbocycles. The van der Waals surface area contributed by atoms with Gasteiger partial charge in [0, 0.05) is 16.5 Å². The first-order valence-electron chi connectivity index (χ1n) is 10.2. The second kappa shape index (κ2) is 9.66. The average Bonchev–Trinajstić information content (AvgIpc) is 2.66. The Bertz CT molecular complexity index is 919. The molecule has 0 atom stereocenters. The molecule has 0 unspecified atom stereocenters. The highest BCUT2D eigenvalue weighted by molar-refractivity contribution is 6.07. The Balaban J connectivity index is 2.62. The number of carbonyl (C=O) groups is 1. The summed E-state index contributed by atoms with van der Waals surface area (Å²) in [5.41, 5.74) is 1.85. The van der Waals surface area contributed by atoms with E-state index in [2.05, 4.69) is 20.4 Å². The highest BCUT2D eigenvalue weighted by atomic mass is 16.5. The summed E-state index contributed by atoms with van der Waals surface area (Å²) in [6, 6.07) is 10.1. The molecule has 2 rings (SSSR count). The molecule has 0 radical (unpaired) electrons. The van der Waals surface area contributed by atoms with Gasteiger partial charge >= 0.3 is 0 Å². The van der Waals surface area contributed by atoms with Gasteiger partial charge in [-0.2, -0.15) is 0 Å². The molecular weight excluding hydrogens is 376 g/mol. The number of hydrogen-bond acceptors (Lipinski definition) is 4. The van der Waals surface area contributed by atoms with Crippen LogP contribution >= 0.6 is 0 Å². The Morgan fingerprint density at radius 2 is 1.60 bits per heavy atom. The van der Waals surface area contributed by atoms with Crippen LogP contribution < -0.4 is 9.47 Å². The minimum Gasteiger partial charge on any atom is -0.508 e. The highest BCUT2D eigenvalue weighted by Gasteiger charge is 2.26. The van der Waals surface area contributed by atoms with E-state index in [1.807, 2.05) is 45.9 Å². The van der Waals surface area contributed by atoms with Crippen LogP contribution in [0.25, 0.3) is 6.08 Å². The molecule has 0 aromatic heterocycles. The van der Waals surface area contributed by atoms with Gasteiger partial charge in [-0.05, 0) is 70.2 Å². The van der Waals surface area contributed by atoms with E-state index in [4.69, 9.17) is 9.47 Å². The molecule has 0 amide bonds. The maximum Gasteiger partial charge on any atom is 0.185 e. The predicted octanol–water partition coefficient (Wildman–Crippen LogP) is 6.33. The Morgan fingerprint density at radius 3 is 2.13 bits per heavy atom. The zero-order valence-corrected chi connectivity index (χ0v) is 18.7. The van der Waals surface area contributed by atoms with Gasteiger partial charge in [-0.3, -0.25) is 4.79 Å². The van der Waals surface area contributed by atoms with Gasteiger partial charge in [0.15, 0.2) is 5.78 Å². The van der Waals surface area contributed by atoms with Crippen LogP contribution in [0.2, 0.25) is 0 Å². The van der Waals surface area contributed by atoms with E-state index in [-0.39, 0.29) is 29.2 Å². The van der Waals surface area contributed by atoms with Crippen molar-refractivity contribution in [3.05, 3.63) is 71.8 Å². The number of phenolic OH excluding ortho intramolecular Hbond substituents is 1. The first-order chi connectivity index (χ1) is 14.0.